The summed E-state index contributed by atoms with van der Waals surface area (Å²) in [7, 11) is 0. The van der Waals surface area contributed by atoms with Crippen LogP contribution in [0.3, 0.4) is 0 Å². The van der Waals surface area contributed by atoms with Gasteiger partial charge < -0.3 is 4.98 Å². The van der Waals surface area contributed by atoms with E-state index >= 15 is 0 Å². The third kappa shape index (κ3) is 4.69. The van der Waals surface area contributed by atoms with Crippen LogP contribution in [0.4, 0.5) is 4.39 Å². The van der Waals surface area contributed by atoms with E-state index in [0.717, 1.165) is 5.56 Å². The SMILES string of the molecule is O=c1cc(Cc2nnc(SCc3cccc(Cl)c3)n2-c2ccc(F)cc2)[nH]c(=O)[nH]1. The molecular formula is C20H15ClFN5O2S. The summed E-state index contributed by atoms with van der Waals surface area (Å²) < 4.78 is 15.2. The highest BCUT2D eigenvalue weighted by atomic mass is 35.5. The van der Waals surface area contributed by atoms with Crippen LogP contribution >= 0.6 is 23.4 Å². The molecule has 2 aromatic carbocycles. The zero-order valence-corrected chi connectivity index (χ0v) is 17.0. The van der Waals surface area contributed by atoms with Gasteiger partial charge in [-0.2, -0.15) is 0 Å². The Balaban J connectivity index is 1.70. The van der Waals surface area contributed by atoms with E-state index in [1.165, 1.54) is 30.0 Å². The van der Waals surface area contributed by atoms with Crippen molar-refractivity contribution in [3.63, 3.8) is 0 Å². The third-order valence-electron chi connectivity index (χ3n) is 4.21. The maximum Gasteiger partial charge on any atom is 0.325 e. The summed E-state index contributed by atoms with van der Waals surface area (Å²) in [6, 6.07) is 14.7. The lowest BCUT2D eigenvalue weighted by atomic mass is 10.2. The van der Waals surface area contributed by atoms with Crippen molar-refractivity contribution in [3.8, 4) is 5.69 Å². The summed E-state index contributed by atoms with van der Waals surface area (Å²) in [5, 5.41) is 9.73. The van der Waals surface area contributed by atoms with Crippen molar-refractivity contribution in [2.24, 2.45) is 0 Å². The average molecular weight is 444 g/mol. The molecule has 4 rings (SSSR count). The summed E-state index contributed by atoms with van der Waals surface area (Å²) in [4.78, 5) is 27.9. The molecular weight excluding hydrogens is 429 g/mol. The maximum atomic E-state index is 13.4. The minimum absolute atomic E-state index is 0.168. The Morgan fingerprint density at radius 3 is 2.57 bits per heavy atom. The van der Waals surface area contributed by atoms with Crippen molar-refractivity contribution in [2.45, 2.75) is 17.3 Å². The number of H-pyrrole nitrogens is 2. The van der Waals surface area contributed by atoms with Gasteiger partial charge in [-0.3, -0.25) is 14.3 Å². The Morgan fingerprint density at radius 2 is 1.83 bits per heavy atom. The summed E-state index contributed by atoms with van der Waals surface area (Å²) in [5.41, 5.74) is 0.975. The van der Waals surface area contributed by atoms with Gasteiger partial charge in [0, 0.05) is 34.6 Å². The molecule has 0 aliphatic heterocycles. The monoisotopic (exact) mass is 443 g/mol. The Labute approximate surface area is 179 Å². The molecule has 7 nitrogen and oxygen atoms in total. The molecule has 0 atom stereocenters. The van der Waals surface area contributed by atoms with Gasteiger partial charge in [0.25, 0.3) is 5.56 Å². The molecule has 2 aromatic heterocycles. The normalized spacial score (nSPS) is 11.0. The number of halogens is 2. The average Bonchev–Trinajstić information content (AvgIpc) is 3.09. The van der Waals surface area contributed by atoms with Crippen LogP contribution in [0.2, 0.25) is 5.02 Å². The van der Waals surface area contributed by atoms with E-state index in [4.69, 9.17) is 11.6 Å². The van der Waals surface area contributed by atoms with Crippen molar-refractivity contribution in [1.82, 2.24) is 24.7 Å². The third-order valence-corrected chi connectivity index (χ3v) is 5.44. The molecule has 0 aliphatic rings. The second-order valence-corrected chi connectivity index (χ2v) is 7.80. The number of thioether (sulfide) groups is 1. The predicted molar refractivity (Wildman–Crippen MR) is 113 cm³/mol. The number of hydrogen-bond acceptors (Lipinski definition) is 5. The van der Waals surface area contributed by atoms with Crippen LogP contribution in [-0.2, 0) is 12.2 Å². The van der Waals surface area contributed by atoms with E-state index < -0.39 is 11.2 Å². The molecule has 0 bridgehead atoms. The van der Waals surface area contributed by atoms with Crippen LogP contribution in [0.1, 0.15) is 17.1 Å². The number of benzene rings is 2. The smallest absolute Gasteiger partial charge is 0.311 e. The van der Waals surface area contributed by atoms with Crippen LogP contribution in [0.5, 0.6) is 0 Å². The van der Waals surface area contributed by atoms with Crippen molar-refractivity contribution in [1.29, 1.82) is 0 Å². The number of aromatic amines is 2. The molecule has 2 heterocycles. The van der Waals surface area contributed by atoms with Crippen molar-refractivity contribution in [3.05, 3.63) is 103 Å². The number of nitrogens with zero attached hydrogens (tertiary/aromatic N) is 3. The number of rotatable bonds is 6. The van der Waals surface area contributed by atoms with Crippen LogP contribution in [0, 0.1) is 5.82 Å². The second-order valence-electron chi connectivity index (χ2n) is 6.42. The van der Waals surface area contributed by atoms with Gasteiger partial charge in [-0.25, -0.2) is 9.18 Å². The lowest BCUT2D eigenvalue weighted by Gasteiger charge is -2.10. The van der Waals surface area contributed by atoms with Gasteiger partial charge in [-0.15, -0.1) is 10.2 Å². The highest BCUT2D eigenvalue weighted by Gasteiger charge is 2.16. The second kappa shape index (κ2) is 8.68. The van der Waals surface area contributed by atoms with E-state index in [1.54, 1.807) is 22.8 Å². The van der Waals surface area contributed by atoms with Gasteiger partial charge >= 0.3 is 5.69 Å². The van der Waals surface area contributed by atoms with Crippen LogP contribution < -0.4 is 11.2 Å². The summed E-state index contributed by atoms with van der Waals surface area (Å²) in [5.74, 6) is 0.735. The van der Waals surface area contributed by atoms with Crippen LogP contribution in [0.25, 0.3) is 5.69 Å². The Hall–Kier alpha value is -3.17. The first kappa shape index (κ1) is 20.1. The van der Waals surface area contributed by atoms with E-state index in [9.17, 15) is 14.0 Å². The molecule has 0 aliphatic carbocycles. The topological polar surface area (TPSA) is 96.4 Å². The molecule has 0 saturated heterocycles. The van der Waals surface area contributed by atoms with E-state index in [2.05, 4.69) is 20.2 Å². The van der Waals surface area contributed by atoms with Gasteiger partial charge in [-0.1, -0.05) is 35.5 Å². The van der Waals surface area contributed by atoms with E-state index in [0.29, 0.717) is 33.1 Å². The zero-order chi connectivity index (χ0) is 21.1. The number of nitrogens with one attached hydrogen (secondary N) is 2. The molecule has 4 aromatic rings. The quantitative estimate of drug-likeness (QED) is 0.446. The minimum atomic E-state index is -0.596. The molecule has 0 fully saturated rings. The van der Waals surface area contributed by atoms with E-state index in [-0.39, 0.29) is 12.2 Å². The molecule has 0 saturated carbocycles. The van der Waals surface area contributed by atoms with Crippen molar-refractivity contribution >= 4 is 23.4 Å². The number of aromatic nitrogens is 5. The highest BCUT2D eigenvalue weighted by Crippen LogP contribution is 2.27. The fraction of sp³-hybridized carbons (Fsp3) is 0.100. The highest BCUT2D eigenvalue weighted by molar-refractivity contribution is 7.98. The largest absolute Gasteiger partial charge is 0.325 e. The first-order valence-corrected chi connectivity index (χ1v) is 10.2. The molecule has 0 radical (unpaired) electrons. The Morgan fingerprint density at radius 1 is 1.03 bits per heavy atom. The van der Waals surface area contributed by atoms with Gasteiger partial charge in [0.1, 0.15) is 11.6 Å². The van der Waals surface area contributed by atoms with Crippen molar-refractivity contribution < 1.29 is 4.39 Å². The molecule has 0 spiro atoms. The molecule has 2 N–H and O–H groups in total. The minimum Gasteiger partial charge on any atom is -0.311 e. The maximum absolute atomic E-state index is 13.4. The predicted octanol–water partition coefficient (Wildman–Crippen LogP) is 3.32. The molecule has 0 amide bonds. The summed E-state index contributed by atoms with van der Waals surface area (Å²) in [6.07, 6.45) is 0.168. The lowest BCUT2D eigenvalue weighted by Crippen LogP contribution is -2.23. The zero-order valence-electron chi connectivity index (χ0n) is 15.4. The molecule has 30 heavy (non-hydrogen) atoms. The van der Waals surface area contributed by atoms with Crippen LogP contribution in [-0.4, -0.2) is 24.7 Å². The van der Waals surface area contributed by atoms with Gasteiger partial charge in [0.15, 0.2) is 5.16 Å². The fourth-order valence-electron chi connectivity index (χ4n) is 2.92. The lowest BCUT2D eigenvalue weighted by molar-refractivity contribution is 0.627. The van der Waals surface area contributed by atoms with Crippen LogP contribution in [0.15, 0.2) is 69.3 Å². The number of hydrogen-bond donors (Lipinski definition) is 2. The molecule has 152 valence electrons. The standard InChI is InChI=1S/C20H15ClFN5O2S/c21-13-3-1-2-12(8-13)11-30-20-26-25-17(9-15-10-18(28)24-19(29)23-15)27(20)16-6-4-14(22)5-7-16/h1-8,10H,9,11H2,(H2,23,24,28,29). The first-order valence-electron chi connectivity index (χ1n) is 8.88. The molecule has 0 unspecified atom stereocenters. The summed E-state index contributed by atoms with van der Waals surface area (Å²) in [6.45, 7) is 0. The van der Waals surface area contributed by atoms with Gasteiger partial charge in [-0.05, 0) is 42.0 Å². The van der Waals surface area contributed by atoms with E-state index in [1.807, 2.05) is 18.2 Å². The Bertz CT molecular complexity index is 1270. The molecule has 10 heteroatoms. The first-order chi connectivity index (χ1) is 14.5. The fourth-order valence-corrected chi connectivity index (χ4v) is 4.04. The summed E-state index contributed by atoms with van der Waals surface area (Å²) >= 11 is 7.50. The Kier molecular flexibility index (Phi) is 5.82. The van der Waals surface area contributed by atoms with Gasteiger partial charge in [0.2, 0.25) is 0 Å². The van der Waals surface area contributed by atoms with Gasteiger partial charge in [0.05, 0.1) is 0 Å². The van der Waals surface area contributed by atoms with Crippen molar-refractivity contribution in [2.75, 3.05) is 0 Å².